The summed E-state index contributed by atoms with van der Waals surface area (Å²) in [5.74, 6) is 5.51. The largest absolute Gasteiger partial charge is 0.468 e. The first-order valence-corrected chi connectivity index (χ1v) is 7.53. The molecule has 0 radical (unpaired) electrons. The van der Waals surface area contributed by atoms with E-state index in [1.807, 2.05) is 0 Å². The van der Waals surface area contributed by atoms with Crippen LogP contribution in [-0.2, 0) is 27.8 Å². The Kier molecular flexibility index (Phi) is 4.91. The van der Waals surface area contributed by atoms with Gasteiger partial charge in [0.15, 0.2) is 0 Å². The number of nitrogens with two attached hydrogens (primary N) is 1. The highest BCUT2D eigenvalue weighted by Crippen LogP contribution is 2.12. The number of sulfonamides is 1. The number of nitrogens with one attached hydrogen (secondary N) is 1. The quantitative estimate of drug-likeness (QED) is 0.748. The Morgan fingerprint density at radius 2 is 1.95 bits per heavy atom. The minimum Gasteiger partial charge on any atom is -0.468 e. The monoisotopic (exact) mass is 296 g/mol. The fraction of sp³-hybridized carbons (Fsp3) is 0.231. The number of rotatable bonds is 7. The van der Waals surface area contributed by atoms with Crippen molar-refractivity contribution < 1.29 is 17.7 Å². The average Bonchev–Trinajstić information content (AvgIpc) is 2.97. The van der Waals surface area contributed by atoms with E-state index in [-0.39, 0.29) is 11.4 Å². The predicted octanol–water partition coefficient (Wildman–Crippen LogP) is 1.19. The average molecular weight is 296 g/mol. The highest BCUT2D eigenvalue weighted by molar-refractivity contribution is 7.89. The molecule has 0 aliphatic rings. The molecule has 7 heteroatoms. The maximum atomic E-state index is 12.1. The molecule has 1 heterocycles. The minimum absolute atomic E-state index is 0.123. The molecule has 0 aliphatic carbocycles. The van der Waals surface area contributed by atoms with E-state index in [0.29, 0.717) is 18.8 Å². The van der Waals surface area contributed by atoms with Gasteiger partial charge in [0.2, 0.25) is 10.0 Å². The van der Waals surface area contributed by atoms with Crippen LogP contribution < -0.4 is 10.6 Å². The Morgan fingerprint density at radius 1 is 1.20 bits per heavy atom. The molecule has 1 aromatic carbocycles. The molecule has 0 bridgehead atoms. The van der Waals surface area contributed by atoms with Crippen molar-refractivity contribution in [3.63, 3.8) is 0 Å². The topological polar surface area (TPSA) is 94.6 Å². The van der Waals surface area contributed by atoms with Gasteiger partial charge < -0.3 is 9.25 Å². The van der Waals surface area contributed by atoms with Crippen LogP contribution >= 0.6 is 0 Å². The van der Waals surface area contributed by atoms with Gasteiger partial charge in [-0.05, 0) is 36.2 Å². The summed E-state index contributed by atoms with van der Waals surface area (Å²) in [6, 6.07) is 9.99. The summed E-state index contributed by atoms with van der Waals surface area (Å²) >= 11 is 0. The van der Waals surface area contributed by atoms with Crippen LogP contribution in [0.2, 0.25) is 0 Å². The predicted molar refractivity (Wildman–Crippen MR) is 73.0 cm³/mol. The lowest BCUT2D eigenvalue weighted by Gasteiger charge is -2.06. The van der Waals surface area contributed by atoms with Crippen molar-refractivity contribution in [1.29, 1.82) is 0 Å². The first kappa shape index (κ1) is 14.7. The van der Waals surface area contributed by atoms with E-state index < -0.39 is 10.0 Å². The van der Waals surface area contributed by atoms with E-state index in [1.54, 1.807) is 36.4 Å². The van der Waals surface area contributed by atoms with E-state index in [0.717, 1.165) is 5.56 Å². The zero-order valence-electron chi connectivity index (χ0n) is 10.8. The van der Waals surface area contributed by atoms with Gasteiger partial charge in [0.1, 0.15) is 5.76 Å². The normalized spacial score (nSPS) is 11.7. The summed E-state index contributed by atoms with van der Waals surface area (Å²) in [5, 5.41) is 0. The summed E-state index contributed by atoms with van der Waals surface area (Å²) in [6.45, 7) is 0.515. The van der Waals surface area contributed by atoms with Crippen molar-refractivity contribution in [2.24, 2.45) is 5.90 Å². The van der Waals surface area contributed by atoms with E-state index in [1.165, 1.54) is 6.26 Å². The Balaban J connectivity index is 2.01. The summed E-state index contributed by atoms with van der Waals surface area (Å²) < 4.78 is 31.7. The molecular formula is C13H16N2O4S. The Hall–Kier alpha value is -1.67. The smallest absolute Gasteiger partial charge is 0.240 e. The summed E-state index contributed by atoms with van der Waals surface area (Å²) in [7, 11) is -3.54. The second-order valence-corrected chi connectivity index (χ2v) is 5.94. The molecule has 6 nitrogen and oxygen atoms in total. The van der Waals surface area contributed by atoms with Gasteiger partial charge in [0, 0.05) is 0 Å². The molecule has 1 aromatic heterocycles. The second kappa shape index (κ2) is 6.67. The SMILES string of the molecule is NOCCc1ccc(S(=O)(=O)NCc2ccco2)cc1. The van der Waals surface area contributed by atoms with Crippen LogP contribution in [0, 0.1) is 0 Å². The second-order valence-electron chi connectivity index (χ2n) is 4.17. The van der Waals surface area contributed by atoms with Gasteiger partial charge in [-0.2, -0.15) is 0 Å². The minimum atomic E-state index is -3.54. The molecule has 108 valence electrons. The van der Waals surface area contributed by atoms with Crippen LogP contribution in [0.25, 0.3) is 0 Å². The van der Waals surface area contributed by atoms with E-state index in [2.05, 4.69) is 9.56 Å². The molecule has 0 saturated heterocycles. The van der Waals surface area contributed by atoms with Gasteiger partial charge in [-0.15, -0.1) is 0 Å². The number of hydrogen-bond acceptors (Lipinski definition) is 5. The fourth-order valence-electron chi connectivity index (χ4n) is 1.67. The molecule has 2 rings (SSSR count). The molecule has 0 fully saturated rings. The lowest BCUT2D eigenvalue weighted by molar-refractivity contribution is 0.141. The van der Waals surface area contributed by atoms with Crippen LogP contribution in [-0.4, -0.2) is 15.0 Å². The van der Waals surface area contributed by atoms with Gasteiger partial charge in [-0.25, -0.2) is 19.0 Å². The number of benzene rings is 1. The third-order valence-corrected chi connectivity index (χ3v) is 4.18. The van der Waals surface area contributed by atoms with E-state index >= 15 is 0 Å². The molecule has 0 saturated carbocycles. The zero-order chi connectivity index (χ0) is 14.4. The van der Waals surface area contributed by atoms with Crippen LogP contribution in [0.5, 0.6) is 0 Å². The summed E-state index contributed by atoms with van der Waals surface area (Å²) in [6.07, 6.45) is 2.13. The zero-order valence-corrected chi connectivity index (χ0v) is 11.6. The summed E-state index contributed by atoms with van der Waals surface area (Å²) in [4.78, 5) is 4.69. The van der Waals surface area contributed by atoms with Crippen molar-refractivity contribution in [3.05, 3.63) is 54.0 Å². The van der Waals surface area contributed by atoms with Crippen LogP contribution in [0.1, 0.15) is 11.3 Å². The van der Waals surface area contributed by atoms with Crippen molar-refractivity contribution in [2.75, 3.05) is 6.61 Å². The van der Waals surface area contributed by atoms with Gasteiger partial charge in [-0.3, -0.25) is 0 Å². The van der Waals surface area contributed by atoms with Crippen molar-refractivity contribution in [3.8, 4) is 0 Å². The lowest BCUT2D eigenvalue weighted by atomic mass is 10.2. The Labute approximate surface area is 117 Å². The third-order valence-electron chi connectivity index (χ3n) is 2.76. The molecule has 2 aromatic rings. The fourth-order valence-corrected chi connectivity index (χ4v) is 2.67. The lowest BCUT2D eigenvalue weighted by Crippen LogP contribution is -2.23. The maximum absolute atomic E-state index is 12.1. The molecule has 20 heavy (non-hydrogen) atoms. The molecule has 0 amide bonds. The molecule has 0 unspecified atom stereocenters. The highest BCUT2D eigenvalue weighted by atomic mass is 32.2. The van der Waals surface area contributed by atoms with Gasteiger partial charge in [0.05, 0.1) is 24.3 Å². The van der Waals surface area contributed by atoms with Crippen LogP contribution in [0.4, 0.5) is 0 Å². The number of hydrogen-bond donors (Lipinski definition) is 2. The van der Waals surface area contributed by atoms with Gasteiger partial charge in [-0.1, -0.05) is 12.1 Å². The standard InChI is InChI=1S/C13H16N2O4S/c14-19-9-7-11-3-5-13(6-4-11)20(16,17)15-10-12-2-1-8-18-12/h1-6,8,15H,7,9-10,14H2. The number of furan rings is 1. The van der Waals surface area contributed by atoms with Gasteiger partial charge >= 0.3 is 0 Å². The molecule has 0 aliphatic heterocycles. The van der Waals surface area contributed by atoms with Crippen molar-refractivity contribution >= 4 is 10.0 Å². The van der Waals surface area contributed by atoms with Gasteiger partial charge in [0.25, 0.3) is 0 Å². The molecular weight excluding hydrogens is 280 g/mol. The van der Waals surface area contributed by atoms with Crippen molar-refractivity contribution in [1.82, 2.24) is 4.72 Å². The Morgan fingerprint density at radius 3 is 2.55 bits per heavy atom. The highest BCUT2D eigenvalue weighted by Gasteiger charge is 2.14. The van der Waals surface area contributed by atoms with Crippen LogP contribution in [0.3, 0.4) is 0 Å². The first-order chi connectivity index (χ1) is 9.62. The summed E-state index contributed by atoms with van der Waals surface area (Å²) in [5.41, 5.74) is 0.959. The Bertz CT molecular complexity index is 621. The molecule has 3 N–H and O–H groups in total. The molecule has 0 atom stereocenters. The van der Waals surface area contributed by atoms with Crippen LogP contribution in [0.15, 0.2) is 52.0 Å². The maximum Gasteiger partial charge on any atom is 0.240 e. The first-order valence-electron chi connectivity index (χ1n) is 6.04. The van der Waals surface area contributed by atoms with Crippen molar-refractivity contribution in [2.45, 2.75) is 17.9 Å². The van der Waals surface area contributed by atoms with E-state index in [9.17, 15) is 8.42 Å². The van der Waals surface area contributed by atoms with E-state index in [4.69, 9.17) is 10.3 Å². The molecule has 0 spiro atoms. The third kappa shape index (κ3) is 3.91.